The third-order valence-corrected chi connectivity index (χ3v) is 5.82. The summed E-state index contributed by atoms with van der Waals surface area (Å²) in [7, 11) is -3.71. The molecule has 0 saturated carbocycles. The molecule has 0 bridgehead atoms. The Hall–Kier alpha value is -0.890. The fourth-order valence-electron chi connectivity index (χ4n) is 2.86. The third-order valence-electron chi connectivity index (χ3n) is 4.07. The minimum absolute atomic E-state index is 0.0707. The van der Waals surface area contributed by atoms with Gasteiger partial charge in [0, 0.05) is 24.8 Å². The average molecular weight is 317 g/mol. The summed E-state index contributed by atoms with van der Waals surface area (Å²) in [5.74, 6) is 1.01. The van der Waals surface area contributed by atoms with Crippen LogP contribution in [0.3, 0.4) is 0 Å². The van der Waals surface area contributed by atoms with Crippen LogP contribution in [0, 0.1) is 19.8 Å². The predicted molar refractivity (Wildman–Crippen MR) is 77.4 cm³/mol. The molecule has 0 spiro atoms. The first kappa shape index (κ1) is 16.5. The van der Waals surface area contributed by atoms with Crippen molar-refractivity contribution >= 4 is 10.0 Å². The summed E-state index contributed by atoms with van der Waals surface area (Å²) < 4.78 is 38.5. The maximum atomic E-state index is 12.6. The molecule has 2 N–H and O–H groups in total. The minimum Gasteiger partial charge on any atom is -0.465 e. The number of furan rings is 1. The van der Waals surface area contributed by atoms with Crippen LogP contribution in [0.5, 0.6) is 0 Å². The normalized spacial score (nSPS) is 18.9. The molecule has 2 heterocycles. The van der Waals surface area contributed by atoms with Gasteiger partial charge in [-0.3, -0.25) is 0 Å². The Labute approximate surface area is 125 Å². The van der Waals surface area contributed by atoms with Crippen molar-refractivity contribution in [3.8, 4) is 0 Å². The van der Waals surface area contributed by atoms with Gasteiger partial charge in [0.05, 0.1) is 6.61 Å². The molecule has 2 rings (SSSR count). The number of hydrogen-bond acceptors (Lipinski definition) is 5. The van der Waals surface area contributed by atoms with E-state index in [0.29, 0.717) is 30.3 Å². The molecule has 1 aliphatic heterocycles. The van der Waals surface area contributed by atoms with Crippen LogP contribution < -0.4 is 4.72 Å². The number of aliphatic hydroxyl groups is 1. The highest BCUT2D eigenvalue weighted by Gasteiger charge is 2.30. The van der Waals surface area contributed by atoms with E-state index >= 15 is 0 Å². The van der Waals surface area contributed by atoms with Crippen LogP contribution in [0.2, 0.25) is 0 Å². The molecule has 1 saturated heterocycles. The predicted octanol–water partition coefficient (Wildman–Crippen LogP) is 1.48. The summed E-state index contributed by atoms with van der Waals surface area (Å²) in [5, 5.41) is 9.39. The molecule has 1 fully saturated rings. The first-order chi connectivity index (χ1) is 9.86. The molecule has 1 aliphatic rings. The molecule has 120 valence electrons. The van der Waals surface area contributed by atoms with Gasteiger partial charge in [-0.25, -0.2) is 13.1 Å². The number of aliphatic hydroxyl groups excluding tert-OH is 1. The van der Waals surface area contributed by atoms with Gasteiger partial charge in [-0.1, -0.05) is 0 Å². The Morgan fingerprint density at radius 3 is 2.48 bits per heavy atom. The molecule has 1 unspecified atom stereocenters. The van der Waals surface area contributed by atoms with Crippen molar-refractivity contribution in [2.24, 2.45) is 5.92 Å². The number of sulfonamides is 1. The molecule has 0 radical (unpaired) electrons. The van der Waals surface area contributed by atoms with Gasteiger partial charge in [0.25, 0.3) is 0 Å². The third kappa shape index (κ3) is 3.48. The smallest absolute Gasteiger partial charge is 0.244 e. The van der Waals surface area contributed by atoms with Crippen molar-refractivity contribution in [2.45, 2.75) is 51.2 Å². The highest BCUT2D eigenvalue weighted by Crippen LogP contribution is 2.28. The Morgan fingerprint density at radius 1 is 1.29 bits per heavy atom. The van der Waals surface area contributed by atoms with Crippen molar-refractivity contribution in [1.29, 1.82) is 0 Å². The Kier molecular flexibility index (Phi) is 5.08. The molecule has 1 atom stereocenters. The molecule has 0 aliphatic carbocycles. The second-order valence-electron chi connectivity index (χ2n) is 5.54. The molecule has 21 heavy (non-hydrogen) atoms. The number of hydrogen-bond donors (Lipinski definition) is 2. The second-order valence-corrected chi connectivity index (χ2v) is 7.19. The standard InChI is InChI=1S/C14H23NO5S/c1-9(12-4-6-19-7-5-12)15-21(17,18)14-11(3)20-10(2)13(14)8-16/h9,12,15-16H,4-8H2,1-3H3. The zero-order valence-corrected chi connectivity index (χ0v) is 13.5. The van der Waals surface area contributed by atoms with Crippen LogP contribution in [0.15, 0.2) is 9.31 Å². The molecular formula is C14H23NO5S. The van der Waals surface area contributed by atoms with Crippen LogP contribution in [0.4, 0.5) is 0 Å². The van der Waals surface area contributed by atoms with Gasteiger partial charge in [0.2, 0.25) is 10.0 Å². The summed E-state index contributed by atoms with van der Waals surface area (Å²) in [4.78, 5) is 0.0707. The van der Waals surface area contributed by atoms with E-state index < -0.39 is 10.0 Å². The van der Waals surface area contributed by atoms with Crippen LogP contribution >= 0.6 is 0 Å². The summed E-state index contributed by atoms with van der Waals surface area (Å²) in [6.07, 6.45) is 1.69. The van der Waals surface area contributed by atoms with Gasteiger partial charge in [-0.05, 0) is 39.5 Å². The van der Waals surface area contributed by atoms with Crippen molar-refractivity contribution in [3.63, 3.8) is 0 Å². The lowest BCUT2D eigenvalue weighted by Crippen LogP contribution is -2.40. The number of aryl methyl sites for hydroxylation is 2. The van der Waals surface area contributed by atoms with Gasteiger partial charge in [0.1, 0.15) is 16.4 Å². The van der Waals surface area contributed by atoms with Crippen molar-refractivity contribution < 1.29 is 22.7 Å². The van der Waals surface area contributed by atoms with E-state index in [1.165, 1.54) is 0 Å². The lowest BCUT2D eigenvalue weighted by Gasteiger charge is -2.28. The van der Waals surface area contributed by atoms with E-state index in [4.69, 9.17) is 9.15 Å². The fourth-order valence-corrected chi connectivity index (χ4v) is 4.61. The quantitative estimate of drug-likeness (QED) is 0.859. The molecule has 6 nitrogen and oxygen atoms in total. The molecule has 0 amide bonds. The van der Waals surface area contributed by atoms with Crippen LogP contribution in [-0.2, 0) is 21.4 Å². The maximum Gasteiger partial charge on any atom is 0.244 e. The van der Waals surface area contributed by atoms with Crippen molar-refractivity contribution in [2.75, 3.05) is 13.2 Å². The van der Waals surface area contributed by atoms with E-state index in [2.05, 4.69) is 4.72 Å². The lowest BCUT2D eigenvalue weighted by molar-refractivity contribution is 0.0585. The lowest BCUT2D eigenvalue weighted by atomic mass is 9.94. The van der Waals surface area contributed by atoms with Crippen LogP contribution in [0.1, 0.15) is 36.8 Å². The first-order valence-corrected chi connectivity index (χ1v) is 8.65. The van der Waals surface area contributed by atoms with E-state index in [9.17, 15) is 13.5 Å². The van der Waals surface area contributed by atoms with Crippen LogP contribution in [0.25, 0.3) is 0 Å². The molecular weight excluding hydrogens is 294 g/mol. The Morgan fingerprint density at radius 2 is 1.90 bits per heavy atom. The maximum absolute atomic E-state index is 12.6. The zero-order valence-electron chi connectivity index (χ0n) is 12.7. The average Bonchev–Trinajstić information content (AvgIpc) is 2.73. The van der Waals surface area contributed by atoms with Gasteiger partial charge < -0.3 is 14.3 Å². The molecule has 1 aromatic rings. The SMILES string of the molecule is Cc1oc(C)c(S(=O)(=O)NC(C)C2CCOCC2)c1CO. The van der Waals surface area contributed by atoms with Gasteiger partial charge >= 0.3 is 0 Å². The molecule has 7 heteroatoms. The summed E-state index contributed by atoms with van der Waals surface area (Å²) in [5.41, 5.74) is 0.333. The largest absolute Gasteiger partial charge is 0.465 e. The van der Waals surface area contributed by atoms with Crippen molar-refractivity contribution in [1.82, 2.24) is 4.72 Å². The van der Waals surface area contributed by atoms with E-state index in [0.717, 1.165) is 12.8 Å². The van der Waals surface area contributed by atoms with Gasteiger partial charge in [0.15, 0.2) is 0 Å². The molecule has 0 aromatic carbocycles. The monoisotopic (exact) mass is 317 g/mol. The zero-order chi connectivity index (χ0) is 15.6. The topological polar surface area (TPSA) is 88.8 Å². The van der Waals surface area contributed by atoms with Gasteiger partial charge in [-0.15, -0.1) is 0 Å². The fraction of sp³-hybridized carbons (Fsp3) is 0.714. The minimum atomic E-state index is -3.71. The second kappa shape index (κ2) is 6.48. The van der Waals surface area contributed by atoms with E-state index in [1.54, 1.807) is 13.8 Å². The summed E-state index contributed by atoms with van der Waals surface area (Å²) >= 11 is 0. The summed E-state index contributed by atoms with van der Waals surface area (Å²) in [6.45, 7) is 6.10. The van der Waals surface area contributed by atoms with E-state index in [1.807, 2.05) is 6.92 Å². The highest BCUT2D eigenvalue weighted by atomic mass is 32.2. The van der Waals surface area contributed by atoms with Crippen LogP contribution in [-0.4, -0.2) is 32.8 Å². The van der Waals surface area contributed by atoms with Crippen molar-refractivity contribution in [3.05, 3.63) is 17.1 Å². The van der Waals surface area contributed by atoms with E-state index in [-0.39, 0.29) is 23.5 Å². The van der Waals surface area contributed by atoms with Gasteiger partial charge in [-0.2, -0.15) is 0 Å². The Bertz CT molecular complexity index is 587. The number of ether oxygens (including phenoxy) is 1. The first-order valence-electron chi connectivity index (χ1n) is 7.16. The Balaban J connectivity index is 2.22. The number of rotatable bonds is 5. The molecule has 1 aromatic heterocycles. The number of nitrogens with one attached hydrogen (secondary N) is 1. The highest BCUT2D eigenvalue weighted by molar-refractivity contribution is 7.89. The summed E-state index contributed by atoms with van der Waals surface area (Å²) in [6, 6.07) is -0.181.